The van der Waals surface area contributed by atoms with E-state index in [1.54, 1.807) is 0 Å². The number of carbonyl (C=O) groups excluding carboxylic acids is 2. The van der Waals surface area contributed by atoms with Crippen LogP contribution in [0.25, 0.3) is 5.65 Å². The molecule has 0 spiro atoms. The predicted octanol–water partition coefficient (Wildman–Crippen LogP) is 5.54. The van der Waals surface area contributed by atoms with Crippen LogP contribution in [0.3, 0.4) is 0 Å². The lowest BCUT2D eigenvalue weighted by Crippen LogP contribution is -2.26. The molecule has 0 aromatic carbocycles. The van der Waals surface area contributed by atoms with Crippen LogP contribution < -0.4 is 4.74 Å². The van der Waals surface area contributed by atoms with E-state index in [-0.39, 0.29) is 24.1 Å². The summed E-state index contributed by atoms with van der Waals surface area (Å²) in [6, 6.07) is 3.73. The van der Waals surface area contributed by atoms with Gasteiger partial charge in [0, 0.05) is 19.0 Å². The monoisotopic (exact) mass is 428 g/mol. The van der Waals surface area contributed by atoms with E-state index in [1.807, 2.05) is 57.3 Å². The van der Waals surface area contributed by atoms with Gasteiger partial charge in [0.25, 0.3) is 0 Å². The second kappa shape index (κ2) is 9.84. The van der Waals surface area contributed by atoms with Crippen LogP contribution in [0.2, 0.25) is 0 Å². The van der Waals surface area contributed by atoms with Crippen molar-refractivity contribution < 1.29 is 19.1 Å². The topological polar surface area (TPSA) is 69.9 Å². The number of pyridine rings is 1. The van der Waals surface area contributed by atoms with Crippen LogP contribution in [0, 0.1) is 18.8 Å². The van der Waals surface area contributed by atoms with Crippen LogP contribution in [0.5, 0.6) is 5.75 Å². The van der Waals surface area contributed by atoms with Gasteiger partial charge >= 0.3 is 5.97 Å². The zero-order valence-electron chi connectivity index (χ0n) is 19.6. The molecule has 1 saturated carbocycles. The molecule has 1 atom stereocenters. The lowest BCUT2D eigenvalue weighted by atomic mass is 9.86. The van der Waals surface area contributed by atoms with Crippen LogP contribution in [0.1, 0.15) is 88.8 Å². The first-order valence-corrected chi connectivity index (χ1v) is 11.5. The van der Waals surface area contributed by atoms with Crippen molar-refractivity contribution in [3.8, 4) is 5.75 Å². The average Bonchev–Trinajstić information content (AvgIpc) is 3.27. The number of hydrogen-bond acceptors (Lipinski definition) is 5. The smallest absolute Gasteiger partial charge is 0.306 e. The Hall–Kier alpha value is -2.37. The minimum Gasteiger partial charge on any atom is -0.490 e. The summed E-state index contributed by atoms with van der Waals surface area (Å²) >= 11 is 0. The number of hydrogen-bond donors (Lipinski definition) is 0. The fourth-order valence-corrected chi connectivity index (χ4v) is 4.69. The van der Waals surface area contributed by atoms with Crippen LogP contribution in [-0.4, -0.2) is 33.3 Å². The van der Waals surface area contributed by atoms with Crippen LogP contribution in [0.15, 0.2) is 18.3 Å². The molecule has 2 aromatic rings. The molecule has 0 N–H and O–H groups in total. The molecule has 0 amide bonds. The molecule has 0 aliphatic heterocycles. The first-order valence-electron chi connectivity index (χ1n) is 11.5. The van der Waals surface area contributed by atoms with Crippen molar-refractivity contribution in [1.29, 1.82) is 0 Å². The number of ketones is 1. The number of Topliss-reactive ketones (excluding diaryl/α,β-unsaturated/α-hetero) is 1. The maximum absolute atomic E-state index is 13.4. The molecule has 170 valence electrons. The minimum absolute atomic E-state index is 0.0187. The largest absolute Gasteiger partial charge is 0.490 e. The van der Waals surface area contributed by atoms with Crippen molar-refractivity contribution in [2.75, 3.05) is 6.61 Å². The van der Waals surface area contributed by atoms with Gasteiger partial charge in [0.2, 0.25) is 0 Å². The van der Waals surface area contributed by atoms with Crippen LogP contribution in [0.4, 0.5) is 0 Å². The van der Waals surface area contributed by atoms with Gasteiger partial charge in [0.1, 0.15) is 11.3 Å². The maximum atomic E-state index is 13.4. The Balaban J connectivity index is 1.81. The Kier molecular flexibility index (Phi) is 7.39. The summed E-state index contributed by atoms with van der Waals surface area (Å²) in [5.74, 6) is 1.03. The molecule has 1 aliphatic rings. The molecule has 6 heteroatoms. The normalized spacial score (nSPS) is 15.9. The molecular weight excluding hydrogens is 392 g/mol. The van der Waals surface area contributed by atoms with E-state index in [0.717, 1.165) is 6.42 Å². The summed E-state index contributed by atoms with van der Waals surface area (Å²) in [5, 5.41) is 0. The third-order valence-electron chi connectivity index (χ3n) is 5.84. The highest BCUT2D eigenvalue weighted by atomic mass is 16.6. The molecule has 0 radical (unpaired) electrons. The summed E-state index contributed by atoms with van der Waals surface area (Å²) in [6.07, 6.45) is 8.20. The van der Waals surface area contributed by atoms with E-state index in [0.29, 0.717) is 41.7 Å². The number of esters is 1. The number of aromatic nitrogens is 2. The van der Waals surface area contributed by atoms with E-state index in [4.69, 9.17) is 9.47 Å². The zero-order valence-corrected chi connectivity index (χ0v) is 19.6. The molecule has 0 bridgehead atoms. The molecule has 0 saturated heterocycles. The Morgan fingerprint density at radius 2 is 1.94 bits per heavy atom. The van der Waals surface area contributed by atoms with E-state index < -0.39 is 5.60 Å². The van der Waals surface area contributed by atoms with Gasteiger partial charge in [0.15, 0.2) is 17.2 Å². The van der Waals surface area contributed by atoms with Crippen molar-refractivity contribution in [2.24, 2.45) is 11.8 Å². The number of imidazole rings is 1. The number of nitrogens with zero attached hydrogens (tertiary/aromatic N) is 2. The van der Waals surface area contributed by atoms with E-state index in [9.17, 15) is 9.59 Å². The standard InChI is InChI=1S/C25H36N2O4/c1-6-30-21-12-9-13-27-23(17(2)26-24(21)27)20(28)15-19(14-18-10-7-8-11-18)16-22(29)31-25(3,4)5/h9,12-13,18-19H,6-8,10-11,14-16H2,1-5H3/t19-/m1/s1. The molecule has 3 rings (SSSR count). The number of fused-ring (bicyclic) bond motifs is 1. The summed E-state index contributed by atoms with van der Waals surface area (Å²) < 4.78 is 13.1. The van der Waals surface area contributed by atoms with Gasteiger partial charge in [-0.15, -0.1) is 0 Å². The Morgan fingerprint density at radius 3 is 2.58 bits per heavy atom. The first kappa shape index (κ1) is 23.3. The van der Waals surface area contributed by atoms with Gasteiger partial charge in [-0.25, -0.2) is 4.98 Å². The Labute approximate surface area is 185 Å². The van der Waals surface area contributed by atoms with E-state index in [2.05, 4.69) is 4.98 Å². The van der Waals surface area contributed by atoms with Crippen molar-refractivity contribution in [2.45, 2.75) is 85.2 Å². The molecule has 6 nitrogen and oxygen atoms in total. The highest BCUT2D eigenvalue weighted by molar-refractivity contribution is 5.97. The molecule has 2 aromatic heterocycles. The first-order chi connectivity index (χ1) is 14.7. The van der Waals surface area contributed by atoms with Gasteiger partial charge in [-0.1, -0.05) is 25.7 Å². The van der Waals surface area contributed by atoms with E-state index >= 15 is 0 Å². The highest BCUT2D eigenvalue weighted by Gasteiger charge is 2.28. The number of rotatable bonds is 9. The minimum atomic E-state index is -0.521. The lowest BCUT2D eigenvalue weighted by Gasteiger charge is -2.23. The fourth-order valence-electron chi connectivity index (χ4n) is 4.69. The molecular formula is C25H36N2O4. The second-order valence-electron chi connectivity index (χ2n) is 9.71. The number of ether oxygens (including phenoxy) is 2. The number of carbonyl (C=O) groups is 2. The van der Waals surface area contributed by atoms with Crippen LogP contribution >= 0.6 is 0 Å². The van der Waals surface area contributed by atoms with Gasteiger partial charge < -0.3 is 9.47 Å². The third-order valence-corrected chi connectivity index (χ3v) is 5.84. The van der Waals surface area contributed by atoms with Crippen molar-refractivity contribution in [3.05, 3.63) is 29.7 Å². The molecule has 2 heterocycles. The summed E-state index contributed by atoms with van der Waals surface area (Å²) in [6.45, 7) is 9.94. The van der Waals surface area contributed by atoms with Crippen molar-refractivity contribution >= 4 is 17.4 Å². The van der Waals surface area contributed by atoms with Gasteiger partial charge in [-0.05, 0) is 65.0 Å². The fraction of sp³-hybridized carbons (Fsp3) is 0.640. The summed E-state index contributed by atoms with van der Waals surface area (Å²) in [5.41, 5.74) is 1.41. The Morgan fingerprint density at radius 1 is 1.23 bits per heavy atom. The van der Waals surface area contributed by atoms with Crippen molar-refractivity contribution in [1.82, 2.24) is 9.38 Å². The van der Waals surface area contributed by atoms with Gasteiger partial charge in [-0.2, -0.15) is 0 Å². The zero-order chi connectivity index (χ0) is 22.6. The lowest BCUT2D eigenvalue weighted by molar-refractivity contribution is -0.156. The number of aryl methyl sites for hydroxylation is 1. The predicted molar refractivity (Wildman–Crippen MR) is 121 cm³/mol. The van der Waals surface area contributed by atoms with Gasteiger partial charge in [0.05, 0.1) is 12.3 Å². The quantitative estimate of drug-likeness (QED) is 0.387. The average molecular weight is 429 g/mol. The summed E-state index contributed by atoms with van der Waals surface area (Å²) in [7, 11) is 0. The molecule has 1 aliphatic carbocycles. The van der Waals surface area contributed by atoms with Crippen molar-refractivity contribution in [3.63, 3.8) is 0 Å². The molecule has 31 heavy (non-hydrogen) atoms. The third kappa shape index (κ3) is 6.08. The molecule has 0 unspecified atom stereocenters. The second-order valence-corrected chi connectivity index (χ2v) is 9.71. The Bertz CT molecular complexity index is 919. The van der Waals surface area contributed by atoms with Crippen LogP contribution in [-0.2, 0) is 9.53 Å². The maximum Gasteiger partial charge on any atom is 0.306 e. The SMILES string of the molecule is CCOc1cccn2c(C(=O)C[C@H](CC(=O)OC(C)(C)C)CC3CCCC3)c(C)nc12. The summed E-state index contributed by atoms with van der Waals surface area (Å²) in [4.78, 5) is 30.5. The van der Waals surface area contributed by atoms with Gasteiger partial charge in [-0.3, -0.25) is 14.0 Å². The highest BCUT2D eigenvalue weighted by Crippen LogP contribution is 2.34. The van der Waals surface area contributed by atoms with E-state index in [1.165, 1.54) is 25.7 Å². The molecule has 1 fully saturated rings.